The third-order valence-electron chi connectivity index (χ3n) is 5.48. The van der Waals surface area contributed by atoms with E-state index in [4.69, 9.17) is 32.5 Å². The Morgan fingerprint density at radius 2 is 1.04 bits per heavy atom. The zero-order chi connectivity index (χ0) is 35.8. The molecule has 5 amide bonds. The number of nitrogens with one attached hydrogen (secondary N) is 5. The lowest BCUT2D eigenvalue weighted by Crippen LogP contribution is -2.50. The predicted octanol–water partition coefficient (Wildman–Crippen LogP) is -3.51. The molecule has 0 radical (unpaired) electrons. The van der Waals surface area contributed by atoms with Crippen LogP contribution in [-0.2, 0) is 38.4 Å². The van der Waals surface area contributed by atoms with Gasteiger partial charge in [-0.25, -0.2) is 0 Å². The van der Waals surface area contributed by atoms with Gasteiger partial charge < -0.3 is 59.1 Å². The third kappa shape index (κ3) is 23.1. The molecule has 4 atom stereocenters. The van der Waals surface area contributed by atoms with Gasteiger partial charge in [0.1, 0.15) is 30.7 Å². The molecule has 0 aromatic heterocycles. The molecule has 0 bridgehead atoms. The summed E-state index contributed by atoms with van der Waals surface area (Å²) in [6, 6.07) is -5.06. The van der Waals surface area contributed by atoms with Crippen LogP contribution >= 0.6 is 43.2 Å². The molecule has 14 N–H and O–H groups in total. The lowest BCUT2D eigenvalue weighted by molar-refractivity contribution is -0.140. The highest BCUT2D eigenvalue weighted by Gasteiger charge is 2.25. The first-order valence-electron chi connectivity index (χ1n) is 14.0. The van der Waals surface area contributed by atoms with Gasteiger partial charge in [-0.3, -0.25) is 38.4 Å². The van der Waals surface area contributed by atoms with Crippen molar-refractivity contribution < 1.29 is 53.7 Å². The summed E-state index contributed by atoms with van der Waals surface area (Å²) in [5, 5.41) is 38.7. The Balaban J connectivity index is 5.26. The van der Waals surface area contributed by atoms with Gasteiger partial charge in [0.2, 0.25) is 29.5 Å². The summed E-state index contributed by atoms with van der Waals surface area (Å²) < 4.78 is 0. The molecule has 0 aliphatic heterocycles. The minimum atomic E-state index is -1.33. The van der Waals surface area contributed by atoms with Crippen LogP contribution in [-0.4, -0.2) is 136 Å². The molecule has 268 valence electrons. The molecule has 19 nitrogen and oxygen atoms in total. The predicted molar refractivity (Wildman–Crippen MR) is 179 cm³/mol. The first-order valence-corrected chi connectivity index (χ1v) is 18.9. The van der Waals surface area contributed by atoms with E-state index in [2.05, 4.69) is 26.6 Å². The molecule has 0 spiro atoms. The van der Waals surface area contributed by atoms with Crippen LogP contribution < -0.4 is 43.8 Å². The van der Waals surface area contributed by atoms with E-state index >= 15 is 0 Å². The van der Waals surface area contributed by atoms with Crippen molar-refractivity contribution in [1.29, 1.82) is 0 Å². The second-order valence-electron chi connectivity index (χ2n) is 9.39. The fourth-order valence-electron chi connectivity index (χ4n) is 2.99. The molecule has 0 aliphatic carbocycles. The first-order chi connectivity index (χ1) is 22.2. The van der Waals surface area contributed by atoms with E-state index in [0.29, 0.717) is 18.8 Å². The van der Waals surface area contributed by atoms with Gasteiger partial charge in [0, 0.05) is 48.9 Å². The average molecular weight is 747 g/mol. The normalized spacial score (nSPS) is 13.3. The van der Waals surface area contributed by atoms with E-state index in [1.165, 1.54) is 10.8 Å². The van der Waals surface area contributed by atoms with E-state index < -0.39 is 84.7 Å². The Morgan fingerprint density at radius 3 is 1.47 bits per heavy atom. The van der Waals surface area contributed by atoms with Crippen LogP contribution in [0.2, 0.25) is 0 Å². The van der Waals surface area contributed by atoms with Crippen LogP contribution in [0, 0.1) is 0 Å². The summed E-state index contributed by atoms with van der Waals surface area (Å²) in [7, 11) is 5.07. The fraction of sp³-hybridized carbons (Fsp3) is 0.667. The van der Waals surface area contributed by atoms with Gasteiger partial charge in [-0.1, -0.05) is 43.2 Å². The van der Waals surface area contributed by atoms with Crippen LogP contribution in [0.5, 0.6) is 0 Å². The van der Waals surface area contributed by atoms with Crippen molar-refractivity contribution >= 4 is 90.6 Å². The van der Waals surface area contributed by atoms with Gasteiger partial charge in [-0.05, 0) is 12.8 Å². The molecule has 0 saturated heterocycles. The van der Waals surface area contributed by atoms with Crippen molar-refractivity contribution in [3.05, 3.63) is 0 Å². The van der Waals surface area contributed by atoms with Crippen molar-refractivity contribution in [1.82, 2.24) is 26.6 Å². The minimum absolute atomic E-state index is 0.102. The molecule has 0 saturated carbocycles. The highest BCUT2D eigenvalue weighted by molar-refractivity contribution is 8.77. The highest BCUT2D eigenvalue weighted by atomic mass is 33.1. The highest BCUT2D eigenvalue weighted by Crippen LogP contribution is 2.23. The molecule has 0 rings (SSSR count). The molecule has 0 heterocycles. The van der Waals surface area contributed by atoms with Crippen molar-refractivity contribution in [3.63, 3.8) is 0 Å². The number of hydrogen-bond donors (Lipinski definition) is 11. The van der Waals surface area contributed by atoms with Gasteiger partial charge >= 0.3 is 17.9 Å². The maximum absolute atomic E-state index is 12.9. The molecular formula is C24H42N8O11S4. The summed E-state index contributed by atoms with van der Waals surface area (Å²) >= 11 is 0. The number of carbonyl (C=O) groups is 8. The lowest BCUT2D eigenvalue weighted by Gasteiger charge is -2.20. The van der Waals surface area contributed by atoms with Gasteiger partial charge in [0.05, 0.1) is 6.54 Å². The van der Waals surface area contributed by atoms with Crippen LogP contribution in [0.1, 0.15) is 25.7 Å². The molecule has 0 aliphatic rings. The van der Waals surface area contributed by atoms with Crippen molar-refractivity contribution in [3.8, 4) is 0 Å². The third-order valence-corrected chi connectivity index (χ3v) is 10.3. The number of carbonyl (C=O) groups excluding carboxylic acids is 5. The molecular weight excluding hydrogens is 705 g/mol. The Hall–Kier alpha value is -2.96. The number of carboxylic acids is 3. The Kier molecular flexibility index (Phi) is 24.4. The zero-order valence-electron chi connectivity index (χ0n) is 25.3. The summed E-state index contributed by atoms with van der Waals surface area (Å²) in [5.41, 5.74) is 16.2. The van der Waals surface area contributed by atoms with E-state index in [0.717, 1.165) is 27.3 Å². The van der Waals surface area contributed by atoms with Crippen LogP contribution in [0.25, 0.3) is 0 Å². The zero-order valence-corrected chi connectivity index (χ0v) is 28.5. The molecule has 0 aromatic carbocycles. The van der Waals surface area contributed by atoms with E-state index in [1.54, 1.807) is 10.8 Å². The van der Waals surface area contributed by atoms with E-state index in [-0.39, 0.29) is 37.2 Å². The van der Waals surface area contributed by atoms with Crippen LogP contribution in [0.3, 0.4) is 0 Å². The second kappa shape index (κ2) is 26.0. The molecule has 0 aromatic rings. The summed E-state index contributed by atoms with van der Waals surface area (Å²) in [6.45, 7) is -0.247. The Bertz CT molecular complexity index is 1080. The van der Waals surface area contributed by atoms with Gasteiger partial charge in [-0.15, -0.1) is 0 Å². The average Bonchev–Trinajstić information content (AvgIpc) is 3.02. The number of amides is 5. The number of aliphatic carboxylic acids is 3. The summed E-state index contributed by atoms with van der Waals surface area (Å²) in [4.78, 5) is 95.1. The number of nitrogens with two attached hydrogens (primary N) is 3. The Morgan fingerprint density at radius 1 is 0.596 bits per heavy atom. The monoisotopic (exact) mass is 746 g/mol. The summed E-state index contributed by atoms with van der Waals surface area (Å²) in [5.74, 6) is -6.24. The van der Waals surface area contributed by atoms with Crippen LogP contribution in [0.4, 0.5) is 0 Å². The number of rotatable bonds is 27. The maximum Gasteiger partial charge on any atom is 0.322 e. The second-order valence-corrected chi connectivity index (χ2v) is 14.6. The maximum atomic E-state index is 12.9. The lowest BCUT2D eigenvalue weighted by atomic mass is 10.1. The van der Waals surface area contributed by atoms with Crippen molar-refractivity contribution in [2.45, 2.75) is 49.9 Å². The quantitative estimate of drug-likeness (QED) is 0.0287. The van der Waals surface area contributed by atoms with Crippen LogP contribution in [0.15, 0.2) is 0 Å². The van der Waals surface area contributed by atoms with Gasteiger partial charge in [0.25, 0.3) is 0 Å². The Labute approximate surface area is 286 Å². The number of carboxylic acid groups (broad SMARTS) is 3. The standard InChI is InChI=1S/C24H42N8O11S4/c25-5-7-44-45-8-6-28-19(35)9-29-21(38)15(31-17(33)3-1-13(26)23(40)41)11-46-47-12-16(22(39)30-10-20(36)37)32-18(34)4-2-14(27)24(42)43/h13-16H,1-12,25-27H2,(H,28,35)(H,29,38)(H,30,39)(H,31,33)(H,32,34)(H,36,37)(H,40,41)(H,42,43). The summed E-state index contributed by atoms with van der Waals surface area (Å²) in [6.07, 6.45) is -1.05. The minimum Gasteiger partial charge on any atom is -0.480 e. The SMILES string of the molecule is NCCSSCCNC(=O)CNC(=O)C(CSSCC(NC(=O)CCC(N)C(=O)O)C(=O)NCC(=O)O)NC(=O)CCC(N)C(=O)O. The first kappa shape index (κ1) is 44.0. The van der Waals surface area contributed by atoms with Gasteiger partial charge in [0.15, 0.2) is 0 Å². The smallest absolute Gasteiger partial charge is 0.322 e. The molecule has 0 fully saturated rings. The van der Waals surface area contributed by atoms with E-state index in [9.17, 15) is 38.4 Å². The topological polar surface area (TPSA) is 335 Å². The molecule has 47 heavy (non-hydrogen) atoms. The largest absolute Gasteiger partial charge is 0.480 e. The van der Waals surface area contributed by atoms with Gasteiger partial charge in [-0.2, -0.15) is 0 Å². The fourth-order valence-corrected chi connectivity index (χ4v) is 7.08. The molecule has 23 heteroatoms. The van der Waals surface area contributed by atoms with E-state index in [1.807, 2.05) is 0 Å². The van der Waals surface area contributed by atoms with Crippen molar-refractivity contribution in [2.75, 3.05) is 49.2 Å². The van der Waals surface area contributed by atoms with Crippen molar-refractivity contribution in [2.24, 2.45) is 17.2 Å². The molecule has 4 unspecified atom stereocenters. The number of hydrogen-bond acceptors (Lipinski definition) is 15.